The van der Waals surface area contributed by atoms with E-state index >= 15 is 0 Å². The molecular weight excluding hydrogens is 310 g/mol. The van der Waals surface area contributed by atoms with Crippen molar-refractivity contribution in [3.8, 4) is 22.4 Å². The van der Waals surface area contributed by atoms with Crippen LogP contribution in [0.3, 0.4) is 0 Å². The summed E-state index contributed by atoms with van der Waals surface area (Å²) in [4.78, 5) is 12.9. The molecule has 0 atom stereocenters. The average Bonchev–Trinajstić information content (AvgIpc) is 2.61. The number of fused-ring (bicyclic) bond motifs is 1. The number of benzene rings is 2. The van der Waals surface area contributed by atoms with E-state index in [0.717, 1.165) is 33.3 Å². The second kappa shape index (κ2) is 5.87. The smallest absolute Gasteiger partial charge is 0.222 e. The number of nitrogens with two attached hydrogens (primary N) is 2. The molecule has 2 heterocycles. The predicted molar refractivity (Wildman–Crippen MR) is 102 cm³/mol. The van der Waals surface area contributed by atoms with Gasteiger partial charge in [-0.3, -0.25) is 4.98 Å². The van der Waals surface area contributed by atoms with Crippen LogP contribution >= 0.6 is 0 Å². The first kappa shape index (κ1) is 15.1. The lowest BCUT2D eigenvalue weighted by molar-refractivity contribution is 1.24. The maximum atomic E-state index is 5.94. The average molecular weight is 327 g/mol. The van der Waals surface area contributed by atoms with Gasteiger partial charge in [-0.25, -0.2) is 4.98 Å². The summed E-state index contributed by atoms with van der Waals surface area (Å²) in [6.45, 7) is 2.09. The Bertz CT molecular complexity index is 1090. The minimum Gasteiger partial charge on any atom is -0.383 e. The highest BCUT2D eigenvalue weighted by Crippen LogP contribution is 2.33. The summed E-state index contributed by atoms with van der Waals surface area (Å²) in [5.74, 6) is 0.562. The molecule has 0 aliphatic carbocycles. The van der Waals surface area contributed by atoms with E-state index in [4.69, 9.17) is 11.5 Å². The Hall–Kier alpha value is -3.47. The summed E-state index contributed by atoms with van der Waals surface area (Å²) in [7, 11) is 0. The summed E-state index contributed by atoms with van der Waals surface area (Å²) in [5.41, 5.74) is 17.7. The first-order valence-electron chi connectivity index (χ1n) is 7.97. The van der Waals surface area contributed by atoms with Crippen LogP contribution in [0.15, 0.2) is 60.8 Å². The summed E-state index contributed by atoms with van der Waals surface area (Å²) >= 11 is 0. The van der Waals surface area contributed by atoms with Gasteiger partial charge in [-0.05, 0) is 36.2 Å². The summed E-state index contributed by atoms with van der Waals surface area (Å²) in [5, 5.41) is 0.791. The van der Waals surface area contributed by atoms with Gasteiger partial charge in [0.1, 0.15) is 5.82 Å². The third kappa shape index (κ3) is 2.65. The quantitative estimate of drug-likeness (QED) is 0.584. The van der Waals surface area contributed by atoms with Crippen molar-refractivity contribution in [2.75, 3.05) is 11.5 Å². The Kier molecular flexibility index (Phi) is 3.54. The number of nitrogen functional groups attached to an aromatic ring is 2. The van der Waals surface area contributed by atoms with E-state index in [-0.39, 0.29) is 5.95 Å². The third-order valence-corrected chi connectivity index (χ3v) is 4.26. The van der Waals surface area contributed by atoms with Gasteiger partial charge in [0, 0.05) is 22.7 Å². The Morgan fingerprint density at radius 3 is 2.48 bits per heavy atom. The van der Waals surface area contributed by atoms with Gasteiger partial charge in [-0.15, -0.1) is 0 Å². The highest BCUT2D eigenvalue weighted by molar-refractivity contribution is 5.93. The molecule has 0 unspecified atom stereocenters. The zero-order valence-corrected chi connectivity index (χ0v) is 13.8. The largest absolute Gasteiger partial charge is 0.383 e. The Morgan fingerprint density at radius 2 is 1.64 bits per heavy atom. The Morgan fingerprint density at radius 1 is 0.840 bits per heavy atom. The molecule has 0 amide bonds. The van der Waals surface area contributed by atoms with Gasteiger partial charge in [0.2, 0.25) is 5.95 Å². The molecule has 25 heavy (non-hydrogen) atoms. The molecule has 0 saturated heterocycles. The monoisotopic (exact) mass is 327 g/mol. The van der Waals surface area contributed by atoms with Gasteiger partial charge >= 0.3 is 0 Å². The molecule has 0 spiro atoms. The number of aryl methyl sites for hydroxylation is 1. The lowest BCUT2D eigenvalue weighted by atomic mass is 9.96. The van der Waals surface area contributed by atoms with Crippen LogP contribution in [0.25, 0.3) is 33.3 Å². The molecule has 0 aliphatic rings. The number of rotatable bonds is 2. The zero-order valence-electron chi connectivity index (χ0n) is 13.8. The topological polar surface area (TPSA) is 90.7 Å². The fourth-order valence-corrected chi connectivity index (χ4v) is 3.03. The highest BCUT2D eigenvalue weighted by Gasteiger charge is 2.12. The standard InChI is InChI=1S/C20H17N5/c1-12-5-2-3-6-14(12)18-15(7-4-10-23-18)13-8-9-16-17(11-13)24-20(22)25-19(16)21/h2-11H,1H3,(H4,21,22,24,25). The molecule has 5 heteroatoms. The number of anilines is 2. The van der Waals surface area contributed by atoms with Crippen molar-refractivity contribution < 1.29 is 0 Å². The minimum atomic E-state index is 0.174. The molecule has 2 aromatic carbocycles. The minimum absolute atomic E-state index is 0.174. The number of aromatic nitrogens is 3. The van der Waals surface area contributed by atoms with E-state index in [9.17, 15) is 0 Å². The van der Waals surface area contributed by atoms with E-state index in [1.807, 2.05) is 42.6 Å². The molecule has 122 valence electrons. The van der Waals surface area contributed by atoms with Crippen LogP contribution in [-0.2, 0) is 0 Å². The normalized spacial score (nSPS) is 10.9. The fourth-order valence-electron chi connectivity index (χ4n) is 3.03. The maximum absolute atomic E-state index is 5.94. The van der Waals surface area contributed by atoms with E-state index in [1.165, 1.54) is 5.56 Å². The van der Waals surface area contributed by atoms with Crippen molar-refractivity contribution in [3.63, 3.8) is 0 Å². The van der Waals surface area contributed by atoms with Crippen molar-refractivity contribution >= 4 is 22.7 Å². The zero-order chi connectivity index (χ0) is 17.4. The lowest BCUT2D eigenvalue weighted by Crippen LogP contribution is -2.00. The predicted octanol–water partition coefficient (Wildman–Crippen LogP) is 3.83. The number of pyridine rings is 1. The second-order valence-electron chi connectivity index (χ2n) is 5.91. The van der Waals surface area contributed by atoms with E-state index in [0.29, 0.717) is 5.82 Å². The van der Waals surface area contributed by atoms with E-state index in [1.54, 1.807) is 0 Å². The summed E-state index contributed by atoms with van der Waals surface area (Å²) < 4.78 is 0. The lowest BCUT2D eigenvalue weighted by Gasteiger charge is -2.12. The van der Waals surface area contributed by atoms with Gasteiger partial charge in [0.15, 0.2) is 0 Å². The first-order chi connectivity index (χ1) is 12.1. The van der Waals surface area contributed by atoms with Crippen LogP contribution in [-0.4, -0.2) is 15.0 Å². The van der Waals surface area contributed by atoms with E-state index < -0.39 is 0 Å². The number of nitrogens with zero attached hydrogens (tertiary/aromatic N) is 3. The SMILES string of the molecule is Cc1ccccc1-c1ncccc1-c1ccc2c(N)nc(N)nc2c1. The van der Waals surface area contributed by atoms with Crippen LogP contribution in [0.4, 0.5) is 11.8 Å². The van der Waals surface area contributed by atoms with Crippen molar-refractivity contribution in [3.05, 3.63) is 66.4 Å². The van der Waals surface area contributed by atoms with Crippen LogP contribution in [0.5, 0.6) is 0 Å². The van der Waals surface area contributed by atoms with Crippen LogP contribution in [0, 0.1) is 6.92 Å². The molecule has 0 radical (unpaired) electrons. The second-order valence-corrected chi connectivity index (χ2v) is 5.91. The Labute approximate surface area is 145 Å². The van der Waals surface area contributed by atoms with Gasteiger partial charge in [-0.1, -0.05) is 36.4 Å². The van der Waals surface area contributed by atoms with Gasteiger partial charge in [0.25, 0.3) is 0 Å². The van der Waals surface area contributed by atoms with Crippen molar-refractivity contribution in [2.45, 2.75) is 6.92 Å². The summed E-state index contributed by atoms with van der Waals surface area (Å²) in [6.07, 6.45) is 1.81. The van der Waals surface area contributed by atoms with Crippen LogP contribution < -0.4 is 11.5 Å². The van der Waals surface area contributed by atoms with Crippen LogP contribution in [0.2, 0.25) is 0 Å². The fraction of sp³-hybridized carbons (Fsp3) is 0.0500. The first-order valence-corrected chi connectivity index (χ1v) is 7.97. The molecular formula is C20H17N5. The van der Waals surface area contributed by atoms with E-state index in [2.05, 4.69) is 40.1 Å². The number of hydrogen-bond acceptors (Lipinski definition) is 5. The van der Waals surface area contributed by atoms with Gasteiger partial charge < -0.3 is 11.5 Å². The number of hydrogen-bond donors (Lipinski definition) is 2. The van der Waals surface area contributed by atoms with Crippen molar-refractivity contribution in [1.29, 1.82) is 0 Å². The molecule has 4 rings (SSSR count). The molecule has 4 N–H and O–H groups in total. The molecule has 0 fully saturated rings. The molecule has 0 bridgehead atoms. The molecule has 0 aliphatic heterocycles. The summed E-state index contributed by atoms with van der Waals surface area (Å²) in [6, 6.07) is 18.1. The van der Waals surface area contributed by atoms with Gasteiger partial charge in [-0.2, -0.15) is 4.98 Å². The molecule has 4 aromatic rings. The molecule has 0 saturated carbocycles. The van der Waals surface area contributed by atoms with Crippen molar-refractivity contribution in [1.82, 2.24) is 15.0 Å². The maximum Gasteiger partial charge on any atom is 0.222 e. The van der Waals surface area contributed by atoms with Crippen molar-refractivity contribution in [2.24, 2.45) is 0 Å². The van der Waals surface area contributed by atoms with Crippen LogP contribution in [0.1, 0.15) is 5.56 Å². The molecule has 2 aromatic heterocycles. The van der Waals surface area contributed by atoms with Gasteiger partial charge in [0.05, 0.1) is 11.2 Å². The highest BCUT2D eigenvalue weighted by atomic mass is 15.0. The molecule has 5 nitrogen and oxygen atoms in total. The third-order valence-electron chi connectivity index (χ3n) is 4.26. The Balaban J connectivity index is 1.94.